The van der Waals surface area contributed by atoms with Crippen LogP contribution in [0.3, 0.4) is 0 Å². The van der Waals surface area contributed by atoms with Crippen LogP contribution in [0.4, 0.5) is 0 Å². The van der Waals surface area contributed by atoms with E-state index >= 15 is 0 Å². The van der Waals surface area contributed by atoms with Crippen molar-refractivity contribution in [2.45, 2.75) is 19.5 Å². The molecule has 4 rings (SSSR count). The molecule has 0 bridgehead atoms. The summed E-state index contributed by atoms with van der Waals surface area (Å²) in [6.07, 6.45) is 2.75. The minimum absolute atomic E-state index is 0.279. The maximum Gasteiger partial charge on any atom is 0.307 e. The van der Waals surface area contributed by atoms with Crippen LogP contribution in [-0.4, -0.2) is 38.8 Å². The van der Waals surface area contributed by atoms with Crippen LogP contribution in [0.1, 0.15) is 17.5 Å². The molecule has 2 heterocycles. The Morgan fingerprint density at radius 3 is 2.54 bits per heavy atom. The average molecular weight is 396 g/mol. The van der Waals surface area contributed by atoms with Crippen molar-refractivity contribution in [3.8, 4) is 11.3 Å². The smallest absolute Gasteiger partial charge is 0.307 e. The fraction of sp³-hybridized carbons (Fsp3) is 0.273. The highest BCUT2D eigenvalue weighted by Gasteiger charge is 2.28. The van der Waals surface area contributed by atoms with E-state index in [0.717, 1.165) is 34.0 Å². The average Bonchev–Trinajstić information content (AvgIpc) is 3.32. The molecule has 1 N–H and O–H groups in total. The van der Waals surface area contributed by atoms with Gasteiger partial charge in [-0.2, -0.15) is 5.10 Å². The molecule has 0 saturated carbocycles. The topological polar surface area (TPSA) is 58.4 Å². The molecule has 0 amide bonds. The molecule has 1 aromatic heterocycles. The third-order valence-electron chi connectivity index (χ3n) is 5.19. The van der Waals surface area contributed by atoms with Crippen molar-refractivity contribution in [2.75, 3.05) is 13.1 Å². The van der Waals surface area contributed by atoms with Gasteiger partial charge in [-0.05, 0) is 24.6 Å². The van der Waals surface area contributed by atoms with Gasteiger partial charge in [0.25, 0.3) is 0 Å². The van der Waals surface area contributed by atoms with Gasteiger partial charge in [-0.15, -0.1) is 0 Å². The Hall–Kier alpha value is -2.63. The molecule has 6 heteroatoms. The molecule has 1 atom stereocenters. The zero-order valence-electron chi connectivity index (χ0n) is 15.5. The van der Waals surface area contributed by atoms with Gasteiger partial charge < -0.3 is 5.11 Å². The number of carboxylic acids is 1. The summed E-state index contributed by atoms with van der Waals surface area (Å²) >= 11 is 6.32. The fourth-order valence-electron chi connectivity index (χ4n) is 3.72. The maximum absolute atomic E-state index is 11.3. The summed E-state index contributed by atoms with van der Waals surface area (Å²) in [5, 5.41) is 14.8. The van der Waals surface area contributed by atoms with Crippen LogP contribution >= 0.6 is 11.6 Å². The summed E-state index contributed by atoms with van der Waals surface area (Å²) in [4.78, 5) is 13.5. The van der Waals surface area contributed by atoms with Crippen LogP contribution in [0.25, 0.3) is 11.3 Å². The normalized spacial score (nSPS) is 17.1. The first-order chi connectivity index (χ1) is 13.6. The molecule has 5 nitrogen and oxygen atoms in total. The Bertz CT molecular complexity index is 971. The summed E-state index contributed by atoms with van der Waals surface area (Å²) in [7, 11) is 0. The predicted molar refractivity (Wildman–Crippen MR) is 109 cm³/mol. The number of aromatic nitrogens is 2. The van der Waals surface area contributed by atoms with E-state index in [1.165, 1.54) is 0 Å². The monoisotopic (exact) mass is 395 g/mol. The highest BCUT2D eigenvalue weighted by Crippen LogP contribution is 2.27. The van der Waals surface area contributed by atoms with Gasteiger partial charge in [-0.3, -0.25) is 14.4 Å². The van der Waals surface area contributed by atoms with Gasteiger partial charge in [0, 0.05) is 35.4 Å². The maximum atomic E-state index is 11.3. The molecule has 144 valence electrons. The van der Waals surface area contributed by atoms with E-state index in [2.05, 4.69) is 23.2 Å². The number of benzene rings is 2. The molecule has 3 aromatic rings. The predicted octanol–water partition coefficient (Wildman–Crippen LogP) is 4.16. The van der Waals surface area contributed by atoms with E-state index in [4.69, 9.17) is 16.7 Å². The number of rotatable bonds is 6. The SMILES string of the molecule is O=C(O)C1CCN(Cc2cn(Cc3ccccc3Cl)nc2-c2ccccc2)C1. The quantitative estimate of drug-likeness (QED) is 0.680. The van der Waals surface area contributed by atoms with Crippen molar-refractivity contribution in [3.05, 3.63) is 76.9 Å². The van der Waals surface area contributed by atoms with Crippen LogP contribution in [0, 0.1) is 5.92 Å². The fourth-order valence-corrected chi connectivity index (χ4v) is 3.91. The van der Waals surface area contributed by atoms with Gasteiger partial charge in [0.2, 0.25) is 0 Å². The minimum Gasteiger partial charge on any atom is -0.481 e. The van der Waals surface area contributed by atoms with Crippen LogP contribution in [0.2, 0.25) is 5.02 Å². The molecular weight excluding hydrogens is 374 g/mol. The lowest BCUT2D eigenvalue weighted by Crippen LogP contribution is -2.22. The Labute approximate surface area is 169 Å². The van der Waals surface area contributed by atoms with E-state index < -0.39 is 5.97 Å². The van der Waals surface area contributed by atoms with Crippen LogP contribution in [0.5, 0.6) is 0 Å². The van der Waals surface area contributed by atoms with E-state index in [0.29, 0.717) is 26.1 Å². The summed E-state index contributed by atoms with van der Waals surface area (Å²) in [6, 6.07) is 17.9. The first kappa shape index (κ1) is 18.7. The second-order valence-corrected chi connectivity index (χ2v) is 7.62. The molecule has 2 aromatic carbocycles. The van der Waals surface area contributed by atoms with Crippen molar-refractivity contribution in [1.82, 2.24) is 14.7 Å². The van der Waals surface area contributed by atoms with Crippen LogP contribution in [0.15, 0.2) is 60.8 Å². The Morgan fingerprint density at radius 2 is 1.82 bits per heavy atom. The van der Waals surface area contributed by atoms with Crippen molar-refractivity contribution in [2.24, 2.45) is 5.92 Å². The molecular formula is C22H22ClN3O2. The zero-order valence-corrected chi connectivity index (χ0v) is 16.2. The Balaban J connectivity index is 1.61. The Morgan fingerprint density at radius 1 is 1.07 bits per heavy atom. The summed E-state index contributed by atoms with van der Waals surface area (Å²) in [5.41, 5.74) is 4.12. The number of carbonyl (C=O) groups is 1. The lowest BCUT2D eigenvalue weighted by Gasteiger charge is -2.14. The number of nitrogens with zero attached hydrogens (tertiary/aromatic N) is 3. The summed E-state index contributed by atoms with van der Waals surface area (Å²) in [6.45, 7) is 2.66. The molecule has 0 aliphatic carbocycles. The van der Waals surface area contributed by atoms with Gasteiger partial charge in [0.05, 0.1) is 18.2 Å². The summed E-state index contributed by atoms with van der Waals surface area (Å²) in [5.74, 6) is -0.987. The molecule has 1 aliphatic rings. The van der Waals surface area contributed by atoms with E-state index in [9.17, 15) is 9.90 Å². The van der Waals surface area contributed by atoms with Crippen LogP contribution in [-0.2, 0) is 17.9 Å². The van der Waals surface area contributed by atoms with E-state index in [-0.39, 0.29) is 5.92 Å². The van der Waals surface area contributed by atoms with Crippen molar-refractivity contribution in [3.63, 3.8) is 0 Å². The molecule has 0 radical (unpaired) electrons. The lowest BCUT2D eigenvalue weighted by atomic mass is 10.1. The molecule has 1 saturated heterocycles. The lowest BCUT2D eigenvalue weighted by molar-refractivity contribution is -0.141. The van der Waals surface area contributed by atoms with Crippen molar-refractivity contribution in [1.29, 1.82) is 0 Å². The standard InChI is InChI=1S/C22H22ClN3O2/c23-20-9-5-4-8-17(20)14-26-15-19(13-25-11-10-18(12-25)22(27)28)21(24-26)16-6-2-1-3-7-16/h1-9,15,18H,10-14H2,(H,27,28). The Kier molecular flexibility index (Phi) is 5.46. The van der Waals surface area contributed by atoms with E-state index in [1.807, 2.05) is 47.1 Å². The highest BCUT2D eigenvalue weighted by molar-refractivity contribution is 6.31. The number of carboxylic acid groups (broad SMARTS) is 1. The number of aliphatic carboxylic acids is 1. The molecule has 28 heavy (non-hydrogen) atoms. The third-order valence-corrected chi connectivity index (χ3v) is 5.56. The largest absolute Gasteiger partial charge is 0.481 e. The van der Waals surface area contributed by atoms with Crippen LogP contribution < -0.4 is 0 Å². The second-order valence-electron chi connectivity index (χ2n) is 7.22. The van der Waals surface area contributed by atoms with E-state index in [1.54, 1.807) is 0 Å². The van der Waals surface area contributed by atoms with Crippen molar-refractivity contribution >= 4 is 17.6 Å². The number of hydrogen-bond donors (Lipinski definition) is 1. The molecule has 0 spiro atoms. The van der Waals surface area contributed by atoms with Gasteiger partial charge in [-0.25, -0.2) is 0 Å². The highest BCUT2D eigenvalue weighted by atomic mass is 35.5. The number of halogens is 1. The van der Waals surface area contributed by atoms with Crippen molar-refractivity contribution < 1.29 is 9.90 Å². The van der Waals surface area contributed by atoms with Gasteiger partial charge >= 0.3 is 5.97 Å². The molecule has 1 fully saturated rings. The van der Waals surface area contributed by atoms with Gasteiger partial charge in [0.1, 0.15) is 0 Å². The first-order valence-corrected chi connectivity index (χ1v) is 9.78. The van der Waals surface area contributed by atoms with Gasteiger partial charge in [-0.1, -0.05) is 60.1 Å². The minimum atomic E-state index is -0.708. The second kappa shape index (κ2) is 8.17. The first-order valence-electron chi connectivity index (χ1n) is 9.40. The third kappa shape index (κ3) is 4.11. The molecule has 1 unspecified atom stereocenters. The van der Waals surface area contributed by atoms with Gasteiger partial charge in [0.15, 0.2) is 0 Å². The number of hydrogen-bond acceptors (Lipinski definition) is 3. The number of likely N-dealkylation sites (tertiary alicyclic amines) is 1. The summed E-state index contributed by atoms with van der Waals surface area (Å²) < 4.78 is 1.92. The molecule has 1 aliphatic heterocycles. The zero-order chi connectivity index (χ0) is 19.5.